The molecule has 1 atom stereocenters. The van der Waals surface area contributed by atoms with Crippen LogP contribution in [0.5, 0.6) is 5.75 Å². The van der Waals surface area contributed by atoms with Crippen LogP contribution in [-0.2, 0) is 11.4 Å². The number of oxazole rings is 1. The van der Waals surface area contributed by atoms with E-state index in [1.165, 1.54) is 0 Å². The molecule has 0 saturated carbocycles. The number of ether oxygens (including phenoxy) is 1. The second-order valence-electron chi connectivity index (χ2n) is 6.35. The molecule has 1 fully saturated rings. The summed E-state index contributed by atoms with van der Waals surface area (Å²) >= 11 is 0. The Morgan fingerprint density at radius 1 is 1.25 bits per heavy atom. The van der Waals surface area contributed by atoms with E-state index in [-0.39, 0.29) is 6.54 Å². The second kappa shape index (κ2) is 7.75. The number of carbonyl (C=O) groups excluding carboxylic acids is 1. The minimum absolute atomic E-state index is 0.265. The molecule has 2 aromatic carbocycles. The highest BCUT2D eigenvalue weighted by Crippen LogP contribution is 2.21. The molecule has 1 aliphatic heterocycles. The summed E-state index contributed by atoms with van der Waals surface area (Å²) in [5.41, 5.74) is 2.45. The van der Waals surface area contributed by atoms with E-state index >= 15 is 0 Å². The maximum absolute atomic E-state index is 11.1. The van der Waals surface area contributed by atoms with Gasteiger partial charge in [-0.1, -0.05) is 29.3 Å². The molecule has 146 valence electrons. The Labute approximate surface area is 161 Å². The van der Waals surface area contributed by atoms with Crippen molar-refractivity contribution in [2.24, 2.45) is 0 Å². The van der Waals surface area contributed by atoms with Crippen LogP contribution in [0.15, 0.2) is 52.9 Å². The number of likely N-dealkylation sites (N-methyl/N-ethyl adjacent to an activating group) is 1. The quantitative estimate of drug-likeness (QED) is 0.639. The molecular weight excluding hydrogens is 364 g/mol. The number of amides is 1. The molecule has 0 aliphatic carbocycles. The molecular formula is C19H20N4O5. The lowest BCUT2D eigenvalue weighted by molar-refractivity contribution is -0.163. The molecule has 2 N–H and O–H groups in total. The van der Waals surface area contributed by atoms with E-state index in [0.29, 0.717) is 24.9 Å². The highest BCUT2D eigenvalue weighted by atomic mass is 16.8. The number of aliphatic hydroxyl groups is 1. The molecule has 4 rings (SSSR count). The number of fused-ring (bicyclic) bond motifs is 1. The SMILES string of the molecule is CN(CCOc1ccc(CN2OC(=O)NC2O)cc1)c1nc2ccccc2o1. The average Bonchev–Trinajstić information content (AvgIpc) is 3.26. The van der Waals surface area contributed by atoms with Gasteiger partial charge in [0.2, 0.25) is 6.35 Å². The van der Waals surface area contributed by atoms with E-state index in [4.69, 9.17) is 14.0 Å². The minimum atomic E-state index is -1.15. The summed E-state index contributed by atoms with van der Waals surface area (Å²) in [6, 6.07) is 15.5. The highest BCUT2D eigenvalue weighted by molar-refractivity contribution is 5.74. The predicted molar refractivity (Wildman–Crippen MR) is 100 cm³/mol. The van der Waals surface area contributed by atoms with Crippen molar-refractivity contribution in [3.63, 3.8) is 0 Å². The number of nitrogens with zero attached hydrogens (tertiary/aromatic N) is 3. The van der Waals surface area contributed by atoms with E-state index in [2.05, 4.69) is 10.3 Å². The summed E-state index contributed by atoms with van der Waals surface area (Å²) in [5, 5.41) is 13.0. The second-order valence-corrected chi connectivity index (χ2v) is 6.35. The van der Waals surface area contributed by atoms with Gasteiger partial charge < -0.3 is 24.0 Å². The minimum Gasteiger partial charge on any atom is -0.492 e. The fraction of sp³-hybridized carbons (Fsp3) is 0.263. The van der Waals surface area contributed by atoms with Crippen LogP contribution in [0.1, 0.15) is 5.56 Å². The average molecular weight is 384 g/mol. The summed E-state index contributed by atoms with van der Waals surface area (Å²) < 4.78 is 11.5. The molecule has 0 radical (unpaired) electrons. The number of nitrogens with one attached hydrogen (secondary N) is 1. The van der Waals surface area contributed by atoms with Crippen molar-refractivity contribution in [1.29, 1.82) is 0 Å². The Kier molecular flexibility index (Phi) is 5.00. The third-order valence-corrected chi connectivity index (χ3v) is 4.29. The lowest BCUT2D eigenvalue weighted by atomic mass is 10.2. The van der Waals surface area contributed by atoms with Crippen LogP contribution in [0.2, 0.25) is 0 Å². The largest absolute Gasteiger partial charge is 0.492 e. The van der Waals surface area contributed by atoms with E-state index in [1.54, 1.807) is 0 Å². The van der Waals surface area contributed by atoms with E-state index in [0.717, 1.165) is 21.7 Å². The van der Waals surface area contributed by atoms with Crippen molar-refractivity contribution in [1.82, 2.24) is 15.4 Å². The molecule has 1 aromatic heterocycles. The Balaban J connectivity index is 1.27. The van der Waals surface area contributed by atoms with Gasteiger partial charge in [0.25, 0.3) is 6.01 Å². The summed E-state index contributed by atoms with van der Waals surface area (Å²) in [6.45, 7) is 1.33. The summed E-state index contributed by atoms with van der Waals surface area (Å²) in [7, 11) is 1.90. The number of para-hydroxylation sites is 2. The first-order chi connectivity index (χ1) is 13.6. The number of aliphatic hydroxyl groups excluding tert-OH is 1. The number of hydrogen-bond donors (Lipinski definition) is 2. The first-order valence-corrected chi connectivity index (χ1v) is 8.80. The van der Waals surface area contributed by atoms with Gasteiger partial charge in [0.05, 0.1) is 13.1 Å². The smallest absolute Gasteiger partial charge is 0.429 e. The zero-order chi connectivity index (χ0) is 19.5. The van der Waals surface area contributed by atoms with Crippen LogP contribution in [-0.4, -0.2) is 47.8 Å². The molecule has 0 bridgehead atoms. The van der Waals surface area contributed by atoms with Crippen LogP contribution in [0.4, 0.5) is 10.8 Å². The lowest BCUT2D eigenvalue weighted by Crippen LogP contribution is -2.34. The fourth-order valence-corrected chi connectivity index (χ4v) is 2.77. The first kappa shape index (κ1) is 18.1. The third kappa shape index (κ3) is 4.00. The fourth-order valence-electron chi connectivity index (χ4n) is 2.77. The molecule has 0 spiro atoms. The van der Waals surface area contributed by atoms with Crippen molar-refractivity contribution in [3.8, 4) is 5.75 Å². The number of hydroxylamine groups is 2. The van der Waals surface area contributed by atoms with E-state index in [9.17, 15) is 9.90 Å². The van der Waals surface area contributed by atoms with Gasteiger partial charge in [-0.3, -0.25) is 5.32 Å². The number of aromatic nitrogens is 1. The lowest BCUT2D eigenvalue weighted by Gasteiger charge is -2.16. The van der Waals surface area contributed by atoms with Crippen molar-refractivity contribution >= 4 is 23.2 Å². The van der Waals surface area contributed by atoms with Crippen molar-refractivity contribution in [3.05, 3.63) is 54.1 Å². The summed E-state index contributed by atoms with van der Waals surface area (Å²) in [5.74, 6) is 0.715. The number of anilines is 1. The zero-order valence-electron chi connectivity index (χ0n) is 15.2. The van der Waals surface area contributed by atoms with Gasteiger partial charge in [-0.05, 0) is 29.8 Å². The Morgan fingerprint density at radius 3 is 2.75 bits per heavy atom. The number of hydrogen-bond acceptors (Lipinski definition) is 8. The van der Waals surface area contributed by atoms with Gasteiger partial charge in [-0.2, -0.15) is 4.98 Å². The maximum Gasteiger partial charge on any atom is 0.429 e. The van der Waals surface area contributed by atoms with Crippen molar-refractivity contribution in [2.45, 2.75) is 12.9 Å². The van der Waals surface area contributed by atoms with E-state index in [1.807, 2.05) is 60.5 Å². The van der Waals surface area contributed by atoms with Gasteiger partial charge in [0, 0.05) is 7.05 Å². The van der Waals surface area contributed by atoms with Gasteiger partial charge in [0.15, 0.2) is 5.58 Å². The monoisotopic (exact) mass is 384 g/mol. The maximum atomic E-state index is 11.1. The molecule has 3 aromatic rings. The van der Waals surface area contributed by atoms with E-state index < -0.39 is 12.4 Å². The number of rotatable bonds is 7. The third-order valence-electron chi connectivity index (χ3n) is 4.29. The summed E-state index contributed by atoms with van der Waals surface area (Å²) in [4.78, 5) is 22.3. The van der Waals surface area contributed by atoms with Crippen molar-refractivity contribution in [2.75, 3.05) is 25.1 Å². The predicted octanol–water partition coefficient (Wildman–Crippen LogP) is 2.08. The molecule has 2 heterocycles. The van der Waals surface area contributed by atoms with Gasteiger partial charge >= 0.3 is 6.09 Å². The standard InChI is InChI=1S/C19H20N4O5/c1-22(18-20-15-4-2-3-5-16(15)27-18)10-11-26-14-8-6-13(7-9-14)12-23-17(24)21-19(25)28-23/h2-9,17,24H,10-12H2,1H3,(H,21,25). The summed E-state index contributed by atoms with van der Waals surface area (Å²) in [6.07, 6.45) is -1.82. The highest BCUT2D eigenvalue weighted by Gasteiger charge is 2.29. The van der Waals surface area contributed by atoms with Gasteiger partial charge in [-0.25, -0.2) is 4.79 Å². The Hall–Kier alpha value is -3.30. The van der Waals surface area contributed by atoms with Crippen LogP contribution >= 0.6 is 0 Å². The molecule has 1 amide bonds. The van der Waals surface area contributed by atoms with Crippen LogP contribution < -0.4 is 15.0 Å². The first-order valence-electron chi connectivity index (χ1n) is 8.80. The molecule has 1 saturated heterocycles. The van der Waals surface area contributed by atoms with Gasteiger partial charge in [0.1, 0.15) is 17.9 Å². The molecule has 9 nitrogen and oxygen atoms in total. The topological polar surface area (TPSA) is 100 Å². The normalized spacial score (nSPS) is 16.8. The number of benzene rings is 2. The Bertz CT molecular complexity index is 925. The molecule has 28 heavy (non-hydrogen) atoms. The van der Waals surface area contributed by atoms with Crippen LogP contribution in [0.3, 0.4) is 0 Å². The van der Waals surface area contributed by atoms with Crippen molar-refractivity contribution < 1.29 is 23.9 Å². The number of carbonyl (C=O) groups is 1. The van der Waals surface area contributed by atoms with Crippen LogP contribution in [0.25, 0.3) is 11.1 Å². The molecule has 1 aliphatic rings. The van der Waals surface area contributed by atoms with Gasteiger partial charge in [-0.15, -0.1) is 0 Å². The molecule has 1 unspecified atom stereocenters. The molecule has 9 heteroatoms. The Morgan fingerprint density at radius 2 is 2.04 bits per heavy atom. The zero-order valence-corrected chi connectivity index (χ0v) is 15.2. The van der Waals surface area contributed by atoms with Crippen LogP contribution in [0, 0.1) is 0 Å².